The number of benzene rings is 2. The number of aromatic amines is 1. The van der Waals surface area contributed by atoms with Crippen molar-refractivity contribution in [2.45, 2.75) is 31.3 Å². The van der Waals surface area contributed by atoms with Crippen LogP contribution in [0.5, 0.6) is 0 Å². The first kappa shape index (κ1) is 24.0. The first-order valence-electron chi connectivity index (χ1n) is 12.5. The van der Waals surface area contributed by atoms with Gasteiger partial charge in [-0.25, -0.2) is 14.4 Å². The molecular weight excluding hydrogens is 485 g/mol. The molecule has 0 atom stereocenters. The Morgan fingerprint density at radius 3 is 2.63 bits per heavy atom. The summed E-state index contributed by atoms with van der Waals surface area (Å²) in [7, 11) is 0. The summed E-state index contributed by atoms with van der Waals surface area (Å²) in [5.74, 6) is -0.557. The SMILES string of the molecule is C=CC(=O)N1CC(O)(c2c[nH]c3ncnc(-c4cc(F)cc(NC(=O)c5ccc(C6CC6)cc5)c4C)c23)C1. The Morgan fingerprint density at radius 1 is 1.21 bits per heavy atom. The van der Waals surface area contributed by atoms with Gasteiger partial charge in [0, 0.05) is 28.6 Å². The topological polar surface area (TPSA) is 111 Å². The lowest BCUT2D eigenvalue weighted by Crippen LogP contribution is -2.60. The number of amides is 2. The zero-order chi connectivity index (χ0) is 26.6. The maximum atomic E-state index is 14.9. The number of anilines is 1. The predicted octanol–water partition coefficient (Wildman–Crippen LogP) is 4.42. The van der Waals surface area contributed by atoms with Crippen molar-refractivity contribution in [1.82, 2.24) is 19.9 Å². The summed E-state index contributed by atoms with van der Waals surface area (Å²) >= 11 is 0. The maximum Gasteiger partial charge on any atom is 0.255 e. The number of likely N-dealkylation sites (tertiary alicyclic amines) is 1. The molecule has 1 aliphatic heterocycles. The van der Waals surface area contributed by atoms with Crippen LogP contribution >= 0.6 is 0 Å². The van der Waals surface area contributed by atoms with Crippen LogP contribution in [0, 0.1) is 12.7 Å². The van der Waals surface area contributed by atoms with Gasteiger partial charge in [0.1, 0.15) is 23.4 Å². The van der Waals surface area contributed by atoms with E-state index < -0.39 is 11.4 Å². The average Bonchev–Trinajstić information content (AvgIpc) is 3.66. The van der Waals surface area contributed by atoms with E-state index in [1.807, 2.05) is 12.1 Å². The number of aromatic nitrogens is 3. The molecule has 0 unspecified atom stereocenters. The van der Waals surface area contributed by atoms with Crippen LogP contribution in [0.25, 0.3) is 22.3 Å². The normalized spacial score (nSPS) is 16.2. The third-order valence-corrected chi connectivity index (χ3v) is 7.46. The zero-order valence-electron chi connectivity index (χ0n) is 20.8. The number of rotatable bonds is 6. The van der Waals surface area contributed by atoms with Crippen LogP contribution in [0.4, 0.5) is 10.1 Å². The molecular formula is C29H26FN5O3. The molecule has 3 heterocycles. The van der Waals surface area contributed by atoms with Gasteiger partial charge in [-0.15, -0.1) is 0 Å². The molecule has 2 aromatic carbocycles. The maximum absolute atomic E-state index is 14.9. The number of carbonyl (C=O) groups excluding carboxylic acids is 2. The second-order valence-corrected chi connectivity index (χ2v) is 10.1. The summed E-state index contributed by atoms with van der Waals surface area (Å²) < 4.78 is 14.9. The number of aliphatic hydroxyl groups is 1. The van der Waals surface area contributed by atoms with Crippen molar-refractivity contribution in [1.29, 1.82) is 0 Å². The van der Waals surface area contributed by atoms with Gasteiger partial charge < -0.3 is 20.3 Å². The molecule has 0 bridgehead atoms. The minimum atomic E-state index is -1.32. The van der Waals surface area contributed by atoms with Crippen molar-refractivity contribution < 1.29 is 19.1 Å². The van der Waals surface area contributed by atoms with Gasteiger partial charge in [0.05, 0.1) is 24.2 Å². The third-order valence-electron chi connectivity index (χ3n) is 7.46. The molecule has 6 rings (SSSR count). The number of fused-ring (bicyclic) bond motifs is 1. The van der Waals surface area contributed by atoms with Crippen LogP contribution in [0.1, 0.15) is 45.8 Å². The van der Waals surface area contributed by atoms with Crippen LogP contribution in [0.2, 0.25) is 0 Å². The van der Waals surface area contributed by atoms with E-state index in [0.29, 0.717) is 50.6 Å². The molecule has 2 aromatic heterocycles. The Morgan fingerprint density at radius 2 is 1.95 bits per heavy atom. The van der Waals surface area contributed by atoms with Crippen molar-refractivity contribution in [3.8, 4) is 11.3 Å². The van der Waals surface area contributed by atoms with E-state index in [1.54, 1.807) is 25.3 Å². The van der Waals surface area contributed by atoms with Crippen LogP contribution in [-0.4, -0.2) is 49.9 Å². The molecule has 192 valence electrons. The van der Waals surface area contributed by atoms with Crippen LogP contribution < -0.4 is 5.32 Å². The molecule has 8 nitrogen and oxygen atoms in total. The van der Waals surface area contributed by atoms with Crippen molar-refractivity contribution >= 4 is 28.5 Å². The lowest BCUT2D eigenvalue weighted by molar-refractivity contribution is -0.151. The lowest BCUT2D eigenvalue weighted by atomic mass is 9.85. The monoisotopic (exact) mass is 511 g/mol. The Balaban J connectivity index is 1.35. The summed E-state index contributed by atoms with van der Waals surface area (Å²) in [6.07, 6.45) is 6.56. The molecule has 0 spiro atoms. The highest BCUT2D eigenvalue weighted by atomic mass is 19.1. The van der Waals surface area contributed by atoms with Gasteiger partial charge >= 0.3 is 0 Å². The fourth-order valence-electron chi connectivity index (χ4n) is 5.15. The Bertz CT molecular complexity index is 1600. The predicted molar refractivity (Wildman–Crippen MR) is 141 cm³/mol. The smallest absolute Gasteiger partial charge is 0.255 e. The summed E-state index contributed by atoms with van der Waals surface area (Å²) in [5.41, 5.74) is 3.19. The second-order valence-electron chi connectivity index (χ2n) is 10.1. The minimum Gasteiger partial charge on any atom is -0.381 e. The summed E-state index contributed by atoms with van der Waals surface area (Å²) in [4.78, 5) is 38.2. The Hall–Kier alpha value is -4.37. The van der Waals surface area contributed by atoms with E-state index in [-0.39, 0.29) is 24.9 Å². The number of halogens is 1. The lowest BCUT2D eigenvalue weighted by Gasteiger charge is -2.46. The van der Waals surface area contributed by atoms with Gasteiger partial charge in [-0.1, -0.05) is 18.7 Å². The number of β-amino-alcohol motifs (C(OH)–C–C–N with tert-alkyl or cyclic N) is 1. The van der Waals surface area contributed by atoms with E-state index in [0.717, 1.165) is 0 Å². The summed E-state index contributed by atoms with van der Waals surface area (Å²) in [5, 5.41) is 14.7. The summed E-state index contributed by atoms with van der Waals surface area (Å²) in [6, 6.07) is 10.2. The Labute approximate surface area is 218 Å². The number of hydrogen-bond donors (Lipinski definition) is 3. The quantitative estimate of drug-likeness (QED) is 0.332. The molecule has 9 heteroatoms. The first-order chi connectivity index (χ1) is 18.3. The number of nitrogens with one attached hydrogen (secondary N) is 2. The zero-order valence-corrected chi connectivity index (χ0v) is 20.8. The van der Waals surface area contributed by atoms with Crippen molar-refractivity contribution in [3.63, 3.8) is 0 Å². The highest BCUT2D eigenvalue weighted by molar-refractivity contribution is 6.05. The van der Waals surface area contributed by atoms with Crippen molar-refractivity contribution in [2.24, 2.45) is 0 Å². The molecule has 1 saturated carbocycles. The second kappa shape index (κ2) is 8.88. The molecule has 0 radical (unpaired) electrons. The number of hydrogen-bond acceptors (Lipinski definition) is 5. The summed E-state index contributed by atoms with van der Waals surface area (Å²) in [6.45, 7) is 5.44. The Kier molecular flexibility index (Phi) is 5.61. The van der Waals surface area contributed by atoms with Gasteiger partial charge in [-0.05, 0) is 67.2 Å². The highest BCUT2D eigenvalue weighted by Crippen LogP contribution is 2.41. The van der Waals surface area contributed by atoms with E-state index >= 15 is 0 Å². The molecule has 2 fully saturated rings. The highest BCUT2D eigenvalue weighted by Gasteiger charge is 2.46. The van der Waals surface area contributed by atoms with Crippen molar-refractivity contribution in [3.05, 3.63) is 89.6 Å². The standard InChI is InChI=1S/C29H26FN5O3/c1-3-24(36)35-13-29(38,14-35)22-12-31-27-25(22)26(32-15-33-27)21-10-20(30)11-23(16(21)2)34-28(37)19-8-6-18(7-9-19)17-4-5-17/h3,6-12,15,17,38H,1,4-5,13-14H2,2H3,(H,34,37)(H,31,32,33). The van der Waals surface area contributed by atoms with E-state index in [1.165, 1.54) is 47.8 Å². The first-order valence-corrected chi connectivity index (χ1v) is 12.5. The fraction of sp³-hybridized carbons (Fsp3) is 0.241. The largest absolute Gasteiger partial charge is 0.381 e. The van der Waals surface area contributed by atoms with Gasteiger partial charge in [0.25, 0.3) is 5.91 Å². The minimum absolute atomic E-state index is 0.0854. The van der Waals surface area contributed by atoms with Gasteiger partial charge in [-0.3, -0.25) is 9.59 Å². The molecule has 38 heavy (non-hydrogen) atoms. The molecule has 4 aromatic rings. The van der Waals surface area contributed by atoms with Gasteiger partial charge in [0.2, 0.25) is 5.91 Å². The molecule has 1 saturated heterocycles. The molecule has 1 aliphatic carbocycles. The number of carbonyl (C=O) groups is 2. The molecule has 2 amide bonds. The van der Waals surface area contributed by atoms with Gasteiger partial charge in [0.15, 0.2) is 0 Å². The van der Waals surface area contributed by atoms with E-state index in [9.17, 15) is 19.1 Å². The average molecular weight is 512 g/mol. The van der Waals surface area contributed by atoms with Crippen LogP contribution in [-0.2, 0) is 10.4 Å². The van der Waals surface area contributed by atoms with E-state index in [2.05, 4.69) is 26.8 Å². The fourth-order valence-corrected chi connectivity index (χ4v) is 5.15. The van der Waals surface area contributed by atoms with E-state index in [4.69, 9.17) is 0 Å². The van der Waals surface area contributed by atoms with Crippen LogP contribution in [0.15, 0.2) is 61.6 Å². The van der Waals surface area contributed by atoms with Crippen LogP contribution in [0.3, 0.4) is 0 Å². The van der Waals surface area contributed by atoms with Gasteiger partial charge in [-0.2, -0.15) is 0 Å². The third kappa shape index (κ3) is 4.05. The number of nitrogens with zero attached hydrogens (tertiary/aromatic N) is 3. The van der Waals surface area contributed by atoms with Crippen molar-refractivity contribution in [2.75, 3.05) is 18.4 Å². The molecule has 3 N–H and O–H groups in total. The number of H-pyrrole nitrogens is 1. The molecule has 2 aliphatic rings.